The third-order valence-electron chi connectivity index (χ3n) is 5.17. The van der Waals surface area contributed by atoms with Crippen LogP contribution in [-0.2, 0) is 4.79 Å². The predicted molar refractivity (Wildman–Crippen MR) is 82.4 cm³/mol. The smallest absolute Gasteiger partial charge is 0.220 e. The summed E-state index contributed by atoms with van der Waals surface area (Å²) in [5.41, 5.74) is 5.66. The molecule has 1 amide bonds. The average Bonchev–Trinajstić information content (AvgIpc) is 2.99. The fourth-order valence-corrected chi connectivity index (χ4v) is 3.87. The van der Waals surface area contributed by atoms with Gasteiger partial charge in [-0.25, -0.2) is 0 Å². The van der Waals surface area contributed by atoms with Crippen LogP contribution in [0.25, 0.3) is 0 Å². The molecular formula is C16H31N3O. The molecule has 0 radical (unpaired) electrons. The van der Waals surface area contributed by atoms with Crippen LogP contribution in [0.5, 0.6) is 0 Å². The number of nitrogens with zero attached hydrogens (tertiary/aromatic N) is 1. The summed E-state index contributed by atoms with van der Waals surface area (Å²) in [7, 11) is 0. The van der Waals surface area contributed by atoms with E-state index in [2.05, 4.69) is 24.1 Å². The molecule has 0 saturated carbocycles. The lowest BCUT2D eigenvalue weighted by Gasteiger charge is -2.23. The molecule has 0 aromatic carbocycles. The van der Waals surface area contributed by atoms with Crippen molar-refractivity contribution in [2.45, 2.75) is 64.5 Å². The molecule has 0 aromatic heterocycles. The predicted octanol–water partition coefficient (Wildman–Crippen LogP) is 1.74. The number of hydrogen-bond donors (Lipinski definition) is 2. The van der Waals surface area contributed by atoms with Crippen LogP contribution in [0.15, 0.2) is 0 Å². The average molecular weight is 281 g/mol. The Morgan fingerprint density at radius 2 is 2.10 bits per heavy atom. The van der Waals surface area contributed by atoms with Crippen LogP contribution in [0.2, 0.25) is 0 Å². The molecule has 2 fully saturated rings. The molecule has 2 aliphatic rings. The first-order valence-electron chi connectivity index (χ1n) is 8.35. The number of amides is 1. The molecule has 4 nitrogen and oxygen atoms in total. The zero-order valence-electron chi connectivity index (χ0n) is 13.1. The molecule has 3 N–H and O–H groups in total. The van der Waals surface area contributed by atoms with Gasteiger partial charge in [0.2, 0.25) is 5.91 Å². The first-order chi connectivity index (χ1) is 9.61. The third-order valence-corrected chi connectivity index (χ3v) is 5.17. The van der Waals surface area contributed by atoms with Crippen LogP contribution in [0, 0.1) is 11.8 Å². The first-order valence-corrected chi connectivity index (χ1v) is 8.35. The summed E-state index contributed by atoms with van der Waals surface area (Å²) in [4.78, 5) is 14.7. The van der Waals surface area contributed by atoms with Crippen LogP contribution in [0.1, 0.15) is 52.4 Å². The number of carbonyl (C=O) groups is 1. The number of rotatable bonds is 7. The lowest BCUT2D eigenvalue weighted by atomic mass is 9.88. The number of nitrogens with one attached hydrogen (secondary N) is 1. The third kappa shape index (κ3) is 3.95. The number of hydrogen-bond acceptors (Lipinski definition) is 3. The Kier molecular flexibility index (Phi) is 5.85. The van der Waals surface area contributed by atoms with E-state index in [9.17, 15) is 4.79 Å². The number of nitrogens with two attached hydrogens (primary N) is 1. The minimum atomic E-state index is 0.242. The van der Waals surface area contributed by atoms with Gasteiger partial charge in [-0.05, 0) is 57.0 Å². The Morgan fingerprint density at radius 1 is 1.30 bits per heavy atom. The maximum atomic E-state index is 12.2. The van der Waals surface area contributed by atoms with Crippen LogP contribution in [0.4, 0.5) is 0 Å². The minimum Gasteiger partial charge on any atom is -0.352 e. The SMILES string of the molecule is CC(C)C(CCN)CCC(=O)NC1CCN2CCCC12. The second-order valence-electron chi connectivity index (χ2n) is 6.83. The molecule has 3 atom stereocenters. The summed E-state index contributed by atoms with van der Waals surface area (Å²) in [6.45, 7) is 7.57. The summed E-state index contributed by atoms with van der Waals surface area (Å²) in [5, 5.41) is 3.27. The lowest BCUT2D eigenvalue weighted by molar-refractivity contribution is -0.122. The van der Waals surface area contributed by atoms with Crippen LogP contribution in [-0.4, -0.2) is 42.5 Å². The highest BCUT2D eigenvalue weighted by atomic mass is 16.1. The molecule has 2 rings (SSSR count). The minimum absolute atomic E-state index is 0.242. The largest absolute Gasteiger partial charge is 0.352 e. The van der Waals surface area contributed by atoms with Crippen molar-refractivity contribution in [1.29, 1.82) is 0 Å². The molecule has 0 aromatic rings. The second kappa shape index (κ2) is 7.41. The van der Waals surface area contributed by atoms with E-state index in [-0.39, 0.29) is 5.91 Å². The van der Waals surface area contributed by atoms with E-state index in [1.54, 1.807) is 0 Å². The monoisotopic (exact) mass is 281 g/mol. The molecule has 0 aliphatic carbocycles. The van der Waals surface area contributed by atoms with Crippen molar-refractivity contribution in [3.63, 3.8) is 0 Å². The van der Waals surface area contributed by atoms with E-state index >= 15 is 0 Å². The molecular weight excluding hydrogens is 250 g/mol. The standard InChI is InChI=1S/C16H31N3O/c1-12(2)13(7-9-17)5-6-16(20)18-14-8-11-19-10-3-4-15(14)19/h12-15H,3-11,17H2,1-2H3,(H,18,20). The van der Waals surface area contributed by atoms with Crippen molar-refractivity contribution < 1.29 is 4.79 Å². The molecule has 20 heavy (non-hydrogen) atoms. The quantitative estimate of drug-likeness (QED) is 0.747. The van der Waals surface area contributed by atoms with Crippen LogP contribution in [0.3, 0.4) is 0 Å². The van der Waals surface area contributed by atoms with E-state index in [0.717, 1.165) is 32.4 Å². The van der Waals surface area contributed by atoms with Crippen molar-refractivity contribution in [1.82, 2.24) is 10.2 Å². The Balaban J connectivity index is 1.72. The van der Waals surface area contributed by atoms with Crippen LogP contribution < -0.4 is 11.1 Å². The van der Waals surface area contributed by atoms with Gasteiger partial charge in [0.25, 0.3) is 0 Å². The summed E-state index contributed by atoms with van der Waals surface area (Å²) in [5.74, 6) is 1.44. The number of carbonyl (C=O) groups excluding carboxylic acids is 1. The molecule has 2 saturated heterocycles. The Bertz CT molecular complexity index is 319. The maximum Gasteiger partial charge on any atom is 0.220 e. The van der Waals surface area contributed by atoms with Gasteiger partial charge in [-0.2, -0.15) is 0 Å². The normalized spacial score (nSPS) is 27.8. The topological polar surface area (TPSA) is 58.4 Å². The van der Waals surface area contributed by atoms with Gasteiger partial charge in [0.1, 0.15) is 0 Å². The van der Waals surface area contributed by atoms with Crippen molar-refractivity contribution in [3.05, 3.63) is 0 Å². The lowest BCUT2D eigenvalue weighted by Crippen LogP contribution is -2.42. The van der Waals surface area contributed by atoms with Gasteiger partial charge < -0.3 is 11.1 Å². The second-order valence-corrected chi connectivity index (χ2v) is 6.83. The summed E-state index contributed by atoms with van der Waals surface area (Å²) >= 11 is 0. The highest BCUT2D eigenvalue weighted by Crippen LogP contribution is 2.28. The van der Waals surface area contributed by atoms with Gasteiger partial charge in [-0.1, -0.05) is 13.8 Å². The van der Waals surface area contributed by atoms with E-state index in [1.165, 1.54) is 19.4 Å². The van der Waals surface area contributed by atoms with Crippen molar-refractivity contribution in [2.75, 3.05) is 19.6 Å². The van der Waals surface area contributed by atoms with E-state index in [1.807, 2.05) is 0 Å². The summed E-state index contributed by atoms with van der Waals surface area (Å²) < 4.78 is 0. The zero-order valence-corrected chi connectivity index (χ0v) is 13.1. The molecule has 116 valence electrons. The van der Waals surface area contributed by atoms with E-state index in [0.29, 0.717) is 30.3 Å². The highest BCUT2D eigenvalue weighted by molar-refractivity contribution is 5.76. The van der Waals surface area contributed by atoms with Crippen LogP contribution >= 0.6 is 0 Å². The molecule has 4 heteroatoms. The number of fused-ring (bicyclic) bond motifs is 1. The van der Waals surface area contributed by atoms with Crippen molar-refractivity contribution >= 4 is 5.91 Å². The van der Waals surface area contributed by atoms with Gasteiger partial charge in [-0.15, -0.1) is 0 Å². The molecule has 0 bridgehead atoms. The highest BCUT2D eigenvalue weighted by Gasteiger charge is 2.37. The van der Waals surface area contributed by atoms with E-state index < -0.39 is 0 Å². The maximum absolute atomic E-state index is 12.2. The summed E-state index contributed by atoms with van der Waals surface area (Å²) in [6, 6.07) is 1.01. The first kappa shape index (κ1) is 15.8. The fourth-order valence-electron chi connectivity index (χ4n) is 3.87. The Labute approximate surface area is 123 Å². The van der Waals surface area contributed by atoms with Gasteiger partial charge >= 0.3 is 0 Å². The fraction of sp³-hybridized carbons (Fsp3) is 0.938. The van der Waals surface area contributed by atoms with Crippen molar-refractivity contribution in [3.8, 4) is 0 Å². The van der Waals surface area contributed by atoms with Gasteiger partial charge in [0.15, 0.2) is 0 Å². The van der Waals surface area contributed by atoms with Gasteiger partial charge in [0.05, 0.1) is 0 Å². The molecule has 2 heterocycles. The molecule has 0 spiro atoms. The Morgan fingerprint density at radius 3 is 2.80 bits per heavy atom. The Hall–Kier alpha value is -0.610. The molecule has 3 unspecified atom stereocenters. The molecule has 2 aliphatic heterocycles. The zero-order chi connectivity index (χ0) is 14.5. The van der Waals surface area contributed by atoms with Crippen molar-refractivity contribution in [2.24, 2.45) is 17.6 Å². The van der Waals surface area contributed by atoms with E-state index in [4.69, 9.17) is 5.73 Å². The summed E-state index contributed by atoms with van der Waals surface area (Å²) in [6.07, 6.45) is 6.35. The van der Waals surface area contributed by atoms with Gasteiger partial charge in [-0.3, -0.25) is 9.69 Å². The van der Waals surface area contributed by atoms with Gasteiger partial charge in [0, 0.05) is 25.0 Å².